The van der Waals surface area contributed by atoms with Crippen LogP contribution in [0.15, 0.2) is 127 Å². The molecule has 0 aliphatic carbocycles. The van der Waals surface area contributed by atoms with E-state index in [9.17, 15) is 58.8 Å². The number of cyclic esters (lactones) is 2. The van der Waals surface area contributed by atoms with Gasteiger partial charge in [0.2, 0.25) is 0 Å². The Morgan fingerprint density at radius 3 is 1.16 bits per heavy atom. The van der Waals surface area contributed by atoms with Crippen molar-refractivity contribution in [3.63, 3.8) is 0 Å². The Labute approximate surface area is 600 Å². The number of hydrogen-bond donors (Lipinski definition) is 6. The summed E-state index contributed by atoms with van der Waals surface area (Å²) in [5.41, 5.74) is 11.3. The van der Waals surface area contributed by atoms with E-state index >= 15 is 0 Å². The SMILES string of the molecule is CCCCCC1C=C(C)C(C2CC(C)C/C=C/CCC(O)C(OC(N)=O)CCC(C)CC(O)C(C)C(=O)O2)n2c(=O)n(-c3ccccc3)c(=O)n21.CCCCCC1C=C(C)C(C2CC(C)C/C=C/CCC(O)C(OC(N)=O)CCC(C)CC(O)C(C)C(=O)O2)n2c(=O)n(-c3ccccc3)c(=O)n21. The second-order valence-electron chi connectivity index (χ2n) is 29.5. The van der Waals surface area contributed by atoms with Crippen LogP contribution in [0.25, 0.3) is 11.4 Å². The molecular weight excluding hydrogens is 1300 g/mol. The molecule has 4 aromatic rings. The molecule has 4 aliphatic heterocycles. The number of rotatable bonds is 14. The average molecular weight is 1420 g/mol. The van der Waals surface area contributed by atoms with Crippen LogP contribution in [0.5, 0.6) is 0 Å². The number of esters is 2. The normalized spacial score (nSPS) is 30.6. The summed E-state index contributed by atoms with van der Waals surface area (Å²) in [5, 5.41) is 44.0. The zero-order chi connectivity index (χ0) is 74.5. The van der Waals surface area contributed by atoms with Gasteiger partial charge in [0.05, 0.1) is 59.7 Å². The molecule has 8 rings (SSSR count). The molecule has 2 amide bonds. The lowest BCUT2D eigenvalue weighted by Crippen LogP contribution is -2.44. The predicted octanol–water partition coefficient (Wildman–Crippen LogP) is 11.5. The van der Waals surface area contributed by atoms with Crippen molar-refractivity contribution < 1.29 is 58.6 Å². The molecule has 0 radical (unpaired) electrons. The molecule has 0 saturated carbocycles. The van der Waals surface area contributed by atoms with Gasteiger partial charge in [-0.3, -0.25) is 9.59 Å². The first-order chi connectivity index (χ1) is 48.7. The molecule has 2 aromatic heterocycles. The smallest absolute Gasteiger partial charge is 0.404 e. The third-order valence-electron chi connectivity index (χ3n) is 20.9. The Balaban J connectivity index is 0.000000286. The number of carbonyl (C=O) groups excluding carboxylic acids is 4. The van der Waals surface area contributed by atoms with Crippen molar-refractivity contribution in [2.45, 2.75) is 283 Å². The zero-order valence-corrected chi connectivity index (χ0v) is 61.7. The van der Waals surface area contributed by atoms with Crippen LogP contribution in [0.1, 0.15) is 235 Å². The molecule has 6 heterocycles. The standard InChI is InChI=1S/2C39H58N4O8/c2*1-6-7-10-18-30-24-27(4)35(43-39(49)41(38(48)42(30)43)29-16-12-9-13-17-29)34-23-25(2)15-11-8-14-19-31(44)33(51-37(40)47)21-20-26(3)22-32(45)28(5)36(46)50-34/h2*8-9,11-13,16-17,24-26,28,30-35,44-45H,6-7,10,14-15,18-23H2,1-5H3,(H2,40,47)/b2*11-8+. The molecule has 0 bridgehead atoms. The quantitative estimate of drug-likeness (QED) is 0.0296. The van der Waals surface area contributed by atoms with Crippen molar-refractivity contribution >= 4 is 24.1 Å². The van der Waals surface area contributed by atoms with Gasteiger partial charge in [0, 0.05) is 0 Å². The summed E-state index contributed by atoms with van der Waals surface area (Å²) in [6, 6.07) is 15.6. The van der Waals surface area contributed by atoms with Gasteiger partial charge in [-0.05, 0) is 190 Å². The van der Waals surface area contributed by atoms with Crippen LogP contribution in [0, 0.1) is 35.5 Å². The van der Waals surface area contributed by atoms with Crippen LogP contribution < -0.4 is 34.2 Å². The van der Waals surface area contributed by atoms with E-state index in [0.29, 0.717) is 101 Å². The predicted molar refractivity (Wildman–Crippen MR) is 391 cm³/mol. The number of aliphatic hydroxyl groups excluding tert-OH is 4. The highest BCUT2D eigenvalue weighted by Gasteiger charge is 2.43. The Hall–Kier alpha value is -7.80. The summed E-state index contributed by atoms with van der Waals surface area (Å²) in [5.74, 6) is -3.09. The lowest BCUT2D eigenvalue weighted by molar-refractivity contribution is -0.162. The van der Waals surface area contributed by atoms with Gasteiger partial charge in [-0.2, -0.15) is 0 Å². The Bertz CT molecular complexity index is 3490. The number of nitrogens with two attached hydrogens (primary N) is 2. The van der Waals surface area contributed by atoms with Crippen LogP contribution in [0.2, 0.25) is 0 Å². The van der Waals surface area contributed by atoms with Gasteiger partial charge in [0.25, 0.3) is 0 Å². The largest absolute Gasteiger partial charge is 0.459 e. The summed E-state index contributed by atoms with van der Waals surface area (Å²) in [4.78, 5) is 108. The molecular formula is C78H116N8O16. The number of amides is 2. The van der Waals surface area contributed by atoms with E-state index in [1.807, 2.05) is 90.1 Å². The highest BCUT2D eigenvalue weighted by Crippen LogP contribution is 2.39. The third-order valence-corrected chi connectivity index (χ3v) is 20.9. The first kappa shape index (κ1) is 81.5. The van der Waals surface area contributed by atoms with Crippen LogP contribution >= 0.6 is 0 Å². The topological polar surface area (TPSA) is 336 Å². The van der Waals surface area contributed by atoms with Crippen LogP contribution in [-0.4, -0.2) is 121 Å². The van der Waals surface area contributed by atoms with E-state index in [4.69, 9.17) is 30.4 Å². The molecule has 24 heteroatoms. The lowest BCUT2D eigenvalue weighted by Gasteiger charge is -2.36. The van der Waals surface area contributed by atoms with Gasteiger partial charge in [-0.15, -0.1) is 0 Å². The van der Waals surface area contributed by atoms with Gasteiger partial charge >= 0.3 is 46.9 Å². The maximum Gasteiger partial charge on any atom is 0.404 e. The number of carbonyl (C=O) groups is 4. The fourth-order valence-corrected chi connectivity index (χ4v) is 14.9. The molecule has 0 fully saturated rings. The molecule has 0 spiro atoms. The summed E-state index contributed by atoms with van der Waals surface area (Å²) in [6.07, 6.45) is 16.5. The van der Waals surface area contributed by atoms with E-state index in [1.54, 1.807) is 71.7 Å². The molecule has 8 N–H and O–H groups in total. The monoisotopic (exact) mass is 1420 g/mol. The second kappa shape index (κ2) is 39.2. The lowest BCUT2D eigenvalue weighted by atomic mass is 9.88. The molecule has 2 aromatic carbocycles. The summed E-state index contributed by atoms with van der Waals surface area (Å²) < 4.78 is 31.6. The van der Waals surface area contributed by atoms with Crippen LogP contribution in [0.3, 0.4) is 0 Å². The van der Waals surface area contributed by atoms with Crippen molar-refractivity contribution in [1.29, 1.82) is 0 Å². The van der Waals surface area contributed by atoms with E-state index in [1.165, 1.54) is 18.5 Å². The minimum atomic E-state index is -1.03. The maximum absolute atomic E-state index is 14.4. The van der Waals surface area contributed by atoms with Gasteiger partial charge in [-0.1, -0.05) is 153 Å². The van der Waals surface area contributed by atoms with Crippen molar-refractivity contribution in [2.75, 3.05) is 0 Å². The van der Waals surface area contributed by atoms with E-state index in [-0.39, 0.29) is 48.6 Å². The number of para-hydroxylation sites is 2. The number of allylic oxidation sites excluding steroid dienone is 6. The van der Waals surface area contributed by atoms with Crippen molar-refractivity contribution in [3.8, 4) is 11.4 Å². The van der Waals surface area contributed by atoms with Crippen molar-refractivity contribution in [1.82, 2.24) is 27.9 Å². The van der Waals surface area contributed by atoms with Gasteiger partial charge in [-0.25, -0.2) is 56.6 Å². The van der Waals surface area contributed by atoms with E-state index in [0.717, 1.165) is 49.7 Å². The molecule has 18 atom stereocenters. The number of nitrogens with zero attached hydrogens (tertiary/aromatic N) is 6. The van der Waals surface area contributed by atoms with Gasteiger partial charge < -0.3 is 50.8 Å². The molecule has 24 nitrogen and oxygen atoms in total. The van der Waals surface area contributed by atoms with Crippen molar-refractivity contribution in [3.05, 3.63) is 150 Å². The Morgan fingerprint density at radius 1 is 0.461 bits per heavy atom. The fraction of sp³-hybridized carbons (Fsp3) is 0.641. The number of fused-ring (bicyclic) bond motifs is 2. The minimum absolute atomic E-state index is 0.00351. The third kappa shape index (κ3) is 21.7. The van der Waals surface area contributed by atoms with E-state index in [2.05, 4.69) is 13.8 Å². The zero-order valence-electron chi connectivity index (χ0n) is 61.7. The van der Waals surface area contributed by atoms with E-state index < -0.39 is 120 Å². The maximum atomic E-state index is 14.4. The highest BCUT2D eigenvalue weighted by molar-refractivity contribution is 5.73. The van der Waals surface area contributed by atoms with Crippen LogP contribution in [-0.2, 0) is 28.5 Å². The number of benzene rings is 2. The molecule has 102 heavy (non-hydrogen) atoms. The summed E-state index contributed by atoms with van der Waals surface area (Å²) in [6.45, 7) is 19.3. The molecule has 0 saturated heterocycles. The first-order valence-corrected chi connectivity index (χ1v) is 37.4. The van der Waals surface area contributed by atoms with Crippen LogP contribution in [0.4, 0.5) is 9.59 Å². The Morgan fingerprint density at radius 2 is 0.814 bits per heavy atom. The van der Waals surface area contributed by atoms with Crippen molar-refractivity contribution in [2.24, 2.45) is 47.0 Å². The molecule has 564 valence electrons. The number of unbranched alkanes of at least 4 members (excludes halogenated alkanes) is 4. The fourth-order valence-electron chi connectivity index (χ4n) is 14.9. The highest BCUT2D eigenvalue weighted by atomic mass is 16.6. The number of aliphatic hydroxyl groups is 4. The minimum Gasteiger partial charge on any atom is -0.459 e. The number of hydrogen-bond acceptors (Lipinski definition) is 16. The number of aromatic nitrogens is 6. The average Bonchev–Trinajstić information content (AvgIpc) is 1.58. The summed E-state index contributed by atoms with van der Waals surface area (Å²) >= 11 is 0. The molecule has 4 aliphatic rings. The number of ether oxygens (including phenoxy) is 4. The first-order valence-electron chi connectivity index (χ1n) is 37.4. The second-order valence-corrected chi connectivity index (χ2v) is 29.5. The van der Waals surface area contributed by atoms with Gasteiger partial charge in [0.1, 0.15) is 36.5 Å². The summed E-state index contributed by atoms with van der Waals surface area (Å²) in [7, 11) is 0. The molecule has 18 unspecified atom stereocenters. The van der Waals surface area contributed by atoms with Gasteiger partial charge in [0.15, 0.2) is 0 Å². The Kier molecular flexibility index (Phi) is 31.3. The number of primary amides is 2.